The molecule has 0 unspecified atom stereocenters. The van der Waals surface area contributed by atoms with Gasteiger partial charge in [0.15, 0.2) is 0 Å². The third-order valence-corrected chi connectivity index (χ3v) is 7.17. The maximum atomic E-state index is 14.0. The quantitative estimate of drug-likeness (QED) is 0.266. The van der Waals surface area contributed by atoms with E-state index in [1.165, 1.54) is 0 Å². The summed E-state index contributed by atoms with van der Waals surface area (Å²) in [6.45, 7) is 4.03. The molecule has 6 aromatic rings. The molecule has 3 heterocycles. The van der Waals surface area contributed by atoms with Crippen LogP contribution in [-0.4, -0.2) is 35.2 Å². The van der Waals surface area contributed by atoms with Crippen LogP contribution in [0.1, 0.15) is 42.4 Å². The fourth-order valence-corrected chi connectivity index (χ4v) is 5.11. The number of nitrogens with zero attached hydrogens (tertiary/aromatic N) is 6. The van der Waals surface area contributed by atoms with Crippen molar-refractivity contribution in [3.8, 4) is 28.3 Å². The Kier molecular flexibility index (Phi) is 6.97. The molecule has 0 amide bonds. The number of rotatable bonds is 8. The van der Waals surface area contributed by atoms with Gasteiger partial charge in [0.25, 0.3) is 5.56 Å². The Balaban J connectivity index is 1.38. The van der Waals surface area contributed by atoms with Crippen molar-refractivity contribution in [1.29, 1.82) is 0 Å². The molecular formula is C32H29N7O. The molecule has 0 aliphatic carbocycles. The lowest BCUT2D eigenvalue weighted by molar-refractivity contribution is 0.730. The van der Waals surface area contributed by atoms with Crippen LogP contribution in [0.3, 0.4) is 0 Å². The van der Waals surface area contributed by atoms with Crippen LogP contribution in [0.4, 0.5) is 0 Å². The highest BCUT2D eigenvalue weighted by atomic mass is 16.1. The summed E-state index contributed by atoms with van der Waals surface area (Å²) in [6.07, 6.45) is 3.27. The molecule has 3 aromatic carbocycles. The molecular weight excluding hydrogens is 498 g/mol. The Morgan fingerprint density at radius 3 is 2.40 bits per heavy atom. The second-order valence-corrected chi connectivity index (χ2v) is 9.85. The second-order valence-electron chi connectivity index (χ2n) is 9.85. The van der Waals surface area contributed by atoms with Gasteiger partial charge in [-0.15, -0.1) is 10.2 Å². The Morgan fingerprint density at radius 1 is 0.850 bits per heavy atom. The van der Waals surface area contributed by atoms with Crippen LogP contribution in [0.5, 0.6) is 0 Å². The lowest BCUT2D eigenvalue weighted by Crippen LogP contribution is -2.29. The number of aromatic nitrogens is 7. The predicted octanol–water partition coefficient (Wildman–Crippen LogP) is 5.87. The zero-order valence-electron chi connectivity index (χ0n) is 22.5. The van der Waals surface area contributed by atoms with E-state index in [1.54, 1.807) is 4.57 Å². The number of aromatic amines is 1. The fraction of sp³-hybridized carbons (Fsp3) is 0.188. The van der Waals surface area contributed by atoms with Gasteiger partial charge in [-0.1, -0.05) is 80.1 Å². The standard InChI is InChI=1S/C32H29N7O/c1-3-4-12-29-27(32(40)39(21(2)33-29)30-19-18-24-9-5-8-13-28(24)34-30)20-22-14-16-23(17-15-22)25-10-6-7-11-26(25)31-35-37-38-36-31/h5-11,13-19H,3-4,12,20H2,1-2H3,(H,35,36,37,38). The SMILES string of the molecule is CCCCc1nc(C)n(-c2ccc3ccccc3n2)c(=O)c1Cc1ccc(-c2ccccc2-c2nn[nH]n2)cc1. The molecule has 6 rings (SSSR count). The number of aryl methyl sites for hydroxylation is 2. The van der Waals surface area contributed by atoms with E-state index in [9.17, 15) is 4.79 Å². The van der Waals surface area contributed by atoms with Crippen LogP contribution >= 0.6 is 0 Å². The summed E-state index contributed by atoms with van der Waals surface area (Å²) < 4.78 is 1.65. The van der Waals surface area contributed by atoms with E-state index in [2.05, 4.69) is 51.8 Å². The number of para-hydroxylation sites is 1. The molecule has 40 heavy (non-hydrogen) atoms. The van der Waals surface area contributed by atoms with Gasteiger partial charge in [-0.25, -0.2) is 14.5 Å². The van der Waals surface area contributed by atoms with Gasteiger partial charge in [-0.05, 0) is 59.9 Å². The van der Waals surface area contributed by atoms with Gasteiger partial charge in [-0.3, -0.25) is 4.79 Å². The van der Waals surface area contributed by atoms with Gasteiger partial charge in [-0.2, -0.15) is 5.21 Å². The first-order valence-electron chi connectivity index (χ1n) is 13.5. The van der Waals surface area contributed by atoms with Crippen molar-refractivity contribution >= 4 is 10.9 Å². The topological polar surface area (TPSA) is 102 Å². The molecule has 8 heteroatoms. The number of nitrogens with one attached hydrogen (secondary N) is 1. The van der Waals surface area contributed by atoms with Gasteiger partial charge in [0.2, 0.25) is 5.82 Å². The number of fused-ring (bicyclic) bond motifs is 1. The van der Waals surface area contributed by atoms with E-state index >= 15 is 0 Å². The molecule has 198 valence electrons. The fourth-order valence-electron chi connectivity index (χ4n) is 5.11. The highest BCUT2D eigenvalue weighted by molar-refractivity contribution is 5.80. The average Bonchev–Trinajstić information content (AvgIpc) is 3.53. The zero-order chi connectivity index (χ0) is 27.5. The summed E-state index contributed by atoms with van der Waals surface area (Å²) in [5.41, 5.74) is 6.36. The number of pyridine rings is 1. The summed E-state index contributed by atoms with van der Waals surface area (Å²) in [5, 5.41) is 15.6. The summed E-state index contributed by atoms with van der Waals surface area (Å²) >= 11 is 0. The molecule has 1 N–H and O–H groups in total. The molecule has 0 radical (unpaired) electrons. The Morgan fingerprint density at radius 2 is 1.62 bits per heavy atom. The molecule has 0 bridgehead atoms. The van der Waals surface area contributed by atoms with Gasteiger partial charge in [0.05, 0.1) is 11.2 Å². The zero-order valence-corrected chi connectivity index (χ0v) is 22.5. The monoisotopic (exact) mass is 527 g/mol. The molecule has 8 nitrogen and oxygen atoms in total. The molecule has 0 saturated heterocycles. The van der Waals surface area contributed by atoms with Crippen molar-refractivity contribution in [3.63, 3.8) is 0 Å². The number of hydrogen-bond acceptors (Lipinski definition) is 6. The molecule has 0 aliphatic heterocycles. The highest BCUT2D eigenvalue weighted by Crippen LogP contribution is 2.30. The van der Waals surface area contributed by atoms with Crippen molar-refractivity contribution < 1.29 is 0 Å². The third-order valence-electron chi connectivity index (χ3n) is 7.17. The molecule has 0 spiro atoms. The van der Waals surface area contributed by atoms with Crippen LogP contribution in [-0.2, 0) is 12.8 Å². The first-order valence-corrected chi connectivity index (χ1v) is 13.5. The van der Waals surface area contributed by atoms with E-state index < -0.39 is 0 Å². The molecule has 0 saturated carbocycles. The van der Waals surface area contributed by atoms with Crippen LogP contribution < -0.4 is 5.56 Å². The van der Waals surface area contributed by atoms with Gasteiger partial charge in [0, 0.05) is 22.9 Å². The Labute approximate surface area is 231 Å². The molecule has 0 aliphatic rings. The minimum absolute atomic E-state index is 0.0621. The van der Waals surface area contributed by atoms with E-state index in [-0.39, 0.29) is 5.56 Å². The third kappa shape index (κ3) is 4.91. The Hall–Kier alpha value is -4.98. The lowest BCUT2D eigenvalue weighted by Gasteiger charge is -2.16. The minimum Gasteiger partial charge on any atom is -0.268 e. The summed E-state index contributed by atoms with van der Waals surface area (Å²) in [7, 11) is 0. The summed E-state index contributed by atoms with van der Waals surface area (Å²) in [5.74, 6) is 1.79. The maximum Gasteiger partial charge on any atom is 0.263 e. The number of benzene rings is 3. The van der Waals surface area contributed by atoms with Crippen molar-refractivity contribution in [3.05, 3.63) is 118 Å². The number of tetrazole rings is 1. The lowest BCUT2D eigenvalue weighted by atomic mass is 9.96. The minimum atomic E-state index is -0.0621. The molecule has 0 fully saturated rings. The van der Waals surface area contributed by atoms with Crippen molar-refractivity contribution in [2.45, 2.75) is 39.5 Å². The largest absolute Gasteiger partial charge is 0.268 e. The van der Waals surface area contributed by atoms with E-state index in [0.717, 1.165) is 58.1 Å². The Bertz CT molecular complexity index is 1840. The summed E-state index contributed by atoms with van der Waals surface area (Å²) in [6, 6.07) is 28.1. The first-order chi connectivity index (χ1) is 19.6. The van der Waals surface area contributed by atoms with Crippen LogP contribution in [0.2, 0.25) is 0 Å². The number of hydrogen-bond donors (Lipinski definition) is 1. The van der Waals surface area contributed by atoms with E-state index in [1.807, 2.05) is 67.6 Å². The van der Waals surface area contributed by atoms with Gasteiger partial charge in [0.1, 0.15) is 11.6 Å². The highest BCUT2D eigenvalue weighted by Gasteiger charge is 2.18. The van der Waals surface area contributed by atoms with E-state index in [4.69, 9.17) is 9.97 Å². The van der Waals surface area contributed by atoms with Crippen LogP contribution in [0, 0.1) is 6.92 Å². The van der Waals surface area contributed by atoms with Crippen molar-refractivity contribution in [2.24, 2.45) is 0 Å². The maximum absolute atomic E-state index is 14.0. The number of H-pyrrole nitrogens is 1. The average molecular weight is 528 g/mol. The van der Waals surface area contributed by atoms with Crippen molar-refractivity contribution in [2.75, 3.05) is 0 Å². The van der Waals surface area contributed by atoms with Crippen LogP contribution in [0.25, 0.3) is 39.2 Å². The van der Waals surface area contributed by atoms with Gasteiger partial charge >= 0.3 is 0 Å². The second kappa shape index (κ2) is 11.0. The number of unbranched alkanes of at least 4 members (excludes halogenated alkanes) is 1. The van der Waals surface area contributed by atoms with E-state index in [0.29, 0.717) is 29.5 Å². The van der Waals surface area contributed by atoms with Crippen molar-refractivity contribution in [1.82, 2.24) is 35.2 Å². The van der Waals surface area contributed by atoms with Gasteiger partial charge < -0.3 is 0 Å². The summed E-state index contributed by atoms with van der Waals surface area (Å²) in [4.78, 5) is 23.8. The molecule has 0 atom stereocenters. The first kappa shape index (κ1) is 25.3. The smallest absolute Gasteiger partial charge is 0.263 e. The normalized spacial score (nSPS) is 11.2. The predicted molar refractivity (Wildman–Crippen MR) is 156 cm³/mol. The van der Waals surface area contributed by atoms with Crippen LogP contribution in [0.15, 0.2) is 89.7 Å². The molecule has 3 aromatic heterocycles.